The normalized spacial score (nSPS) is 19.5. The van der Waals surface area contributed by atoms with Crippen LogP contribution < -0.4 is 10.6 Å². The molecule has 2 amide bonds. The van der Waals surface area contributed by atoms with E-state index in [1.807, 2.05) is 13.8 Å². The first-order valence-corrected chi connectivity index (χ1v) is 8.84. The van der Waals surface area contributed by atoms with Gasteiger partial charge in [-0.15, -0.1) is 0 Å². The predicted molar refractivity (Wildman–Crippen MR) is 86.3 cm³/mol. The van der Waals surface area contributed by atoms with Gasteiger partial charge in [-0.25, -0.2) is 8.42 Å². The fraction of sp³-hybridized carbons (Fsp3) is 0.467. The van der Waals surface area contributed by atoms with Crippen LogP contribution in [0.3, 0.4) is 0 Å². The molecule has 1 aliphatic rings. The molecule has 1 fully saturated rings. The highest BCUT2D eigenvalue weighted by Gasteiger charge is 2.40. The molecule has 0 saturated carbocycles. The van der Waals surface area contributed by atoms with E-state index in [1.54, 1.807) is 0 Å². The number of benzene rings is 1. The van der Waals surface area contributed by atoms with Gasteiger partial charge in [0.05, 0.1) is 4.90 Å². The van der Waals surface area contributed by atoms with Crippen LogP contribution in [0.4, 0.5) is 5.69 Å². The van der Waals surface area contributed by atoms with Crippen molar-refractivity contribution < 1.29 is 18.0 Å². The van der Waals surface area contributed by atoms with E-state index in [-0.39, 0.29) is 29.2 Å². The molecule has 23 heavy (non-hydrogen) atoms. The number of anilines is 1. The highest BCUT2D eigenvalue weighted by atomic mass is 32.2. The predicted octanol–water partition coefficient (Wildman–Crippen LogP) is 0.790. The third-order valence-electron chi connectivity index (χ3n) is 3.62. The van der Waals surface area contributed by atoms with E-state index >= 15 is 0 Å². The lowest BCUT2D eigenvalue weighted by Crippen LogP contribution is -2.58. The minimum Gasteiger partial charge on any atom is -0.353 e. The number of hydrogen-bond donors (Lipinski definition) is 2. The Morgan fingerprint density at radius 3 is 2.43 bits per heavy atom. The van der Waals surface area contributed by atoms with Crippen LogP contribution in [-0.4, -0.2) is 43.7 Å². The number of nitrogens with zero attached hydrogens (tertiary/aromatic N) is 1. The van der Waals surface area contributed by atoms with Gasteiger partial charge < -0.3 is 10.6 Å². The fourth-order valence-corrected chi connectivity index (χ4v) is 4.34. The lowest BCUT2D eigenvalue weighted by atomic mass is 10.0. The summed E-state index contributed by atoms with van der Waals surface area (Å²) in [7, 11) is -3.77. The van der Waals surface area contributed by atoms with Crippen molar-refractivity contribution in [1.29, 1.82) is 0 Å². The molecule has 2 rings (SSSR count). The molecule has 0 aromatic heterocycles. The molecule has 7 nitrogen and oxygen atoms in total. The third kappa shape index (κ3) is 3.70. The van der Waals surface area contributed by atoms with Crippen LogP contribution in [-0.2, 0) is 19.6 Å². The standard InChI is InChI=1S/C15H21N3O4S/c1-10(2)14-15(20)16-8-9-18(14)23(21,22)13-6-4-12(5-7-13)17-11(3)19/h4-7,10,14H,8-9H2,1-3H3,(H,16,20)(H,17,19). The van der Waals surface area contributed by atoms with Crippen molar-refractivity contribution in [3.63, 3.8) is 0 Å². The van der Waals surface area contributed by atoms with Crippen LogP contribution in [0.1, 0.15) is 20.8 Å². The summed E-state index contributed by atoms with van der Waals surface area (Å²) >= 11 is 0. The molecule has 0 aliphatic carbocycles. The van der Waals surface area contributed by atoms with Gasteiger partial charge in [-0.2, -0.15) is 4.31 Å². The Bertz CT molecular complexity index is 698. The van der Waals surface area contributed by atoms with Gasteiger partial charge in [-0.3, -0.25) is 9.59 Å². The van der Waals surface area contributed by atoms with Crippen molar-refractivity contribution in [2.24, 2.45) is 5.92 Å². The van der Waals surface area contributed by atoms with E-state index in [4.69, 9.17) is 0 Å². The van der Waals surface area contributed by atoms with Crippen molar-refractivity contribution in [2.75, 3.05) is 18.4 Å². The van der Waals surface area contributed by atoms with Crippen molar-refractivity contribution in [2.45, 2.75) is 31.7 Å². The Hall–Kier alpha value is -1.93. The Morgan fingerprint density at radius 1 is 1.30 bits per heavy atom. The fourth-order valence-electron chi connectivity index (χ4n) is 2.62. The average Bonchev–Trinajstić information content (AvgIpc) is 2.46. The highest BCUT2D eigenvalue weighted by Crippen LogP contribution is 2.24. The lowest BCUT2D eigenvalue weighted by Gasteiger charge is -2.36. The van der Waals surface area contributed by atoms with Gasteiger partial charge in [-0.1, -0.05) is 13.8 Å². The SMILES string of the molecule is CC(=O)Nc1ccc(S(=O)(=O)N2CCNC(=O)C2C(C)C)cc1. The van der Waals surface area contributed by atoms with E-state index in [2.05, 4.69) is 10.6 Å². The first-order chi connectivity index (χ1) is 10.7. The van der Waals surface area contributed by atoms with E-state index < -0.39 is 16.1 Å². The third-order valence-corrected chi connectivity index (χ3v) is 5.52. The van der Waals surface area contributed by atoms with Crippen molar-refractivity contribution in [1.82, 2.24) is 9.62 Å². The first-order valence-electron chi connectivity index (χ1n) is 7.40. The summed E-state index contributed by atoms with van der Waals surface area (Å²) in [6.07, 6.45) is 0. The Morgan fingerprint density at radius 2 is 1.91 bits per heavy atom. The number of hydrogen-bond acceptors (Lipinski definition) is 4. The maximum absolute atomic E-state index is 12.8. The zero-order valence-corrected chi connectivity index (χ0v) is 14.2. The zero-order valence-electron chi connectivity index (χ0n) is 13.4. The molecule has 0 bridgehead atoms. The quantitative estimate of drug-likeness (QED) is 0.848. The molecule has 1 aromatic rings. The number of sulfonamides is 1. The summed E-state index contributed by atoms with van der Waals surface area (Å²) < 4.78 is 26.9. The molecule has 1 saturated heterocycles. The number of nitrogens with one attached hydrogen (secondary N) is 2. The van der Waals surface area contributed by atoms with Gasteiger partial charge in [0.25, 0.3) is 0 Å². The number of amides is 2. The minimum atomic E-state index is -3.77. The van der Waals surface area contributed by atoms with Crippen LogP contribution in [0.15, 0.2) is 29.2 Å². The topological polar surface area (TPSA) is 95.6 Å². The second kappa shape index (κ2) is 6.67. The Balaban J connectivity index is 2.32. The molecule has 1 aliphatic heterocycles. The smallest absolute Gasteiger partial charge is 0.243 e. The van der Waals surface area contributed by atoms with E-state index in [9.17, 15) is 18.0 Å². The Kier molecular flexibility index (Phi) is 5.06. The van der Waals surface area contributed by atoms with Crippen LogP contribution in [0.25, 0.3) is 0 Å². The number of piperazine rings is 1. The van der Waals surface area contributed by atoms with Gasteiger partial charge in [-0.05, 0) is 30.2 Å². The molecule has 0 radical (unpaired) electrons. The van der Waals surface area contributed by atoms with Crippen LogP contribution in [0.2, 0.25) is 0 Å². The first kappa shape index (κ1) is 17.4. The summed E-state index contributed by atoms with van der Waals surface area (Å²) in [5, 5.41) is 5.29. The van der Waals surface area contributed by atoms with Gasteiger partial charge in [0.15, 0.2) is 0 Å². The average molecular weight is 339 g/mol. The molecule has 0 spiro atoms. The summed E-state index contributed by atoms with van der Waals surface area (Å²) in [5.74, 6) is -0.637. The highest BCUT2D eigenvalue weighted by molar-refractivity contribution is 7.89. The van der Waals surface area contributed by atoms with Crippen molar-refractivity contribution in [3.05, 3.63) is 24.3 Å². The summed E-state index contributed by atoms with van der Waals surface area (Å²) in [6, 6.07) is 5.21. The summed E-state index contributed by atoms with van der Waals surface area (Å²) in [4.78, 5) is 23.2. The second-order valence-electron chi connectivity index (χ2n) is 5.80. The molecular weight excluding hydrogens is 318 g/mol. The molecule has 1 heterocycles. The summed E-state index contributed by atoms with van der Waals surface area (Å²) in [5.41, 5.74) is 0.522. The molecular formula is C15H21N3O4S. The number of carbonyl (C=O) groups is 2. The molecule has 1 unspecified atom stereocenters. The van der Waals surface area contributed by atoms with Crippen molar-refractivity contribution >= 4 is 27.5 Å². The number of carbonyl (C=O) groups excluding carboxylic acids is 2. The molecule has 1 aromatic carbocycles. The van der Waals surface area contributed by atoms with Gasteiger partial charge in [0.1, 0.15) is 6.04 Å². The lowest BCUT2D eigenvalue weighted by molar-refractivity contribution is -0.128. The van der Waals surface area contributed by atoms with Gasteiger partial charge in [0, 0.05) is 25.7 Å². The Labute approximate surface area is 136 Å². The van der Waals surface area contributed by atoms with E-state index in [0.717, 1.165) is 0 Å². The zero-order chi connectivity index (χ0) is 17.2. The molecule has 2 N–H and O–H groups in total. The van der Waals surface area contributed by atoms with Crippen molar-refractivity contribution in [3.8, 4) is 0 Å². The van der Waals surface area contributed by atoms with Gasteiger partial charge in [0.2, 0.25) is 21.8 Å². The van der Waals surface area contributed by atoms with Crippen LogP contribution in [0.5, 0.6) is 0 Å². The maximum atomic E-state index is 12.8. The van der Waals surface area contributed by atoms with Crippen LogP contribution in [0, 0.1) is 5.92 Å². The minimum absolute atomic E-state index is 0.104. The molecule has 1 atom stereocenters. The summed E-state index contributed by atoms with van der Waals surface area (Å²) in [6.45, 7) is 5.55. The second-order valence-corrected chi connectivity index (χ2v) is 7.69. The van der Waals surface area contributed by atoms with Gasteiger partial charge >= 0.3 is 0 Å². The maximum Gasteiger partial charge on any atom is 0.243 e. The monoisotopic (exact) mass is 339 g/mol. The molecule has 126 valence electrons. The van der Waals surface area contributed by atoms with E-state index in [1.165, 1.54) is 35.5 Å². The van der Waals surface area contributed by atoms with Crippen LogP contribution >= 0.6 is 0 Å². The molecule has 8 heteroatoms. The largest absolute Gasteiger partial charge is 0.353 e. The van der Waals surface area contributed by atoms with E-state index in [0.29, 0.717) is 12.2 Å². The number of rotatable bonds is 4.